The number of hydrogen-bond donors (Lipinski definition) is 2. The molecular formula is C12H14F3N3O2. The molecule has 1 heterocycles. The molecule has 1 aromatic carbocycles. The smallest absolute Gasteiger partial charge is 0.406 e. The van der Waals surface area contributed by atoms with Gasteiger partial charge >= 0.3 is 6.36 Å². The Labute approximate surface area is 113 Å². The lowest BCUT2D eigenvalue weighted by Crippen LogP contribution is -2.27. The summed E-state index contributed by atoms with van der Waals surface area (Å²) in [6.07, 6.45) is -4.53. The van der Waals surface area contributed by atoms with Crippen molar-refractivity contribution in [1.82, 2.24) is 0 Å². The third-order valence-corrected chi connectivity index (χ3v) is 3.06. The fraction of sp³-hybridized carbons (Fsp3) is 0.417. The zero-order chi connectivity index (χ0) is 14.9. The first-order valence-electron chi connectivity index (χ1n) is 5.96. The van der Waals surface area contributed by atoms with Crippen LogP contribution in [-0.2, 0) is 4.79 Å². The summed E-state index contributed by atoms with van der Waals surface area (Å²) in [6.45, 7) is 0.676. The molecule has 1 unspecified atom stereocenters. The van der Waals surface area contributed by atoms with Crippen molar-refractivity contribution >= 4 is 17.3 Å². The quantitative estimate of drug-likeness (QED) is 0.826. The molecular weight excluding hydrogens is 275 g/mol. The van der Waals surface area contributed by atoms with Crippen molar-refractivity contribution < 1.29 is 22.7 Å². The van der Waals surface area contributed by atoms with Crippen LogP contribution >= 0.6 is 0 Å². The van der Waals surface area contributed by atoms with Crippen LogP contribution in [0.15, 0.2) is 18.2 Å². The minimum Gasteiger partial charge on any atom is -0.406 e. The van der Waals surface area contributed by atoms with Gasteiger partial charge in [0.2, 0.25) is 5.91 Å². The van der Waals surface area contributed by atoms with Crippen molar-refractivity contribution in [3.63, 3.8) is 0 Å². The average molecular weight is 289 g/mol. The second-order valence-electron chi connectivity index (χ2n) is 4.58. The largest absolute Gasteiger partial charge is 0.573 e. The number of ether oxygens (including phenoxy) is 1. The fourth-order valence-corrected chi connectivity index (χ4v) is 2.13. The monoisotopic (exact) mass is 289 g/mol. The number of hydrogen-bond acceptors (Lipinski definition) is 4. The third kappa shape index (κ3) is 3.13. The molecule has 2 rings (SSSR count). The van der Waals surface area contributed by atoms with Crippen LogP contribution in [0.2, 0.25) is 0 Å². The Morgan fingerprint density at radius 3 is 2.65 bits per heavy atom. The lowest BCUT2D eigenvalue weighted by Gasteiger charge is -2.20. The molecule has 0 saturated carbocycles. The number of nitrogen functional groups attached to an aromatic ring is 1. The molecule has 1 aliphatic heterocycles. The highest BCUT2D eigenvalue weighted by molar-refractivity contribution is 5.98. The van der Waals surface area contributed by atoms with Gasteiger partial charge in [0.15, 0.2) is 0 Å². The van der Waals surface area contributed by atoms with E-state index >= 15 is 0 Å². The number of nitrogens with zero attached hydrogens (tertiary/aromatic N) is 1. The lowest BCUT2D eigenvalue weighted by molar-refractivity contribution is -0.274. The summed E-state index contributed by atoms with van der Waals surface area (Å²) in [5.41, 5.74) is 11.7. The summed E-state index contributed by atoms with van der Waals surface area (Å²) < 4.78 is 40.4. The number of carbonyl (C=O) groups is 1. The van der Waals surface area contributed by atoms with Gasteiger partial charge in [0.05, 0.1) is 11.4 Å². The molecule has 0 aliphatic carbocycles. The highest BCUT2D eigenvalue weighted by Gasteiger charge is 2.33. The molecule has 1 atom stereocenters. The van der Waals surface area contributed by atoms with Crippen LogP contribution in [0, 0.1) is 5.92 Å². The molecule has 0 spiro atoms. The summed E-state index contributed by atoms with van der Waals surface area (Å²) in [5, 5.41) is 0. The predicted octanol–water partition coefficient (Wildman–Crippen LogP) is 1.48. The van der Waals surface area contributed by atoms with Gasteiger partial charge in [-0.2, -0.15) is 0 Å². The highest BCUT2D eigenvalue weighted by Crippen LogP contribution is 2.34. The van der Waals surface area contributed by atoms with Crippen molar-refractivity contribution in [3.05, 3.63) is 18.2 Å². The molecule has 8 heteroatoms. The minimum atomic E-state index is -4.79. The Kier molecular flexibility index (Phi) is 3.76. The van der Waals surface area contributed by atoms with E-state index in [2.05, 4.69) is 4.74 Å². The number of nitrogens with two attached hydrogens (primary N) is 2. The molecule has 20 heavy (non-hydrogen) atoms. The van der Waals surface area contributed by atoms with Gasteiger partial charge in [-0.15, -0.1) is 13.2 Å². The van der Waals surface area contributed by atoms with Crippen molar-refractivity contribution in [3.8, 4) is 5.75 Å². The number of benzene rings is 1. The van der Waals surface area contributed by atoms with Crippen LogP contribution < -0.4 is 21.1 Å². The SMILES string of the molecule is NCC1CC(=O)N(c2cc(OC(F)(F)F)ccc2N)C1. The van der Waals surface area contributed by atoms with Crippen molar-refractivity contribution in [2.24, 2.45) is 11.7 Å². The van der Waals surface area contributed by atoms with Crippen LogP contribution in [0.4, 0.5) is 24.5 Å². The summed E-state index contributed by atoms with van der Waals surface area (Å²) in [5.74, 6) is -0.643. The van der Waals surface area contributed by atoms with E-state index in [0.717, 1.165) is 12.1 Å². The summed E-state index contributed by atoms with van der Waals surface area (Å²) in [6, 6.07) is 3.49. The fourth-order valence-electron chi connectivity index (χ4n) is 2.13. The van der Waals surface area contributed by atoms with Gasteiger partial charge in [0, 0.05) is 19.0 Å². The number of amides is 1. The number of anilines is 2. The van der Waals surface area contributed by atoms with Crippen LogP contribution in [0.3, 0.4) is 0 Å². The van der Waals surface area contributed by atoms with Crippen LogP contribution in [0.5, 0.6) is 5.75 Å². The first-order chi connectivity index (χ1) is 9.30. The van der Waals surface area contributed by atoms with E-state index in [0.29, 0.717) is 13.1 Å². The average Bonchev–Trinajstić information content (AvgIpc) is 2.71. The van der Waals surface area contributed by atoms with Gasteiger partial charge in [-0.25, -0.2) is 0 Å². The molecule has 4 N–H and O–H groups in total. The third-order valence-electron chi connectivity index (χ3n) is 3.06. The van der Waals surface area contributed by atoms with Crippen LogP contribution in [-0.4, -0.2) is 25.4 Å². The van der Waals surface area contributed by atoms with E-state index in [1.54, 1.807) is 0 Å². The van der Waals surface area contributed by atoms with Gasteiger partial charge in [0.25, 0.3) is 0 Å². The number of carbonyl (C=O) groups excluding carboxylic acids is 1. The van der Waals surface area contributed by atoms with Gasteiger partial charge in [-0.05, 0) is 24.6 Å². The molecule has 5 nitrogen and oxygen atoms in total. The molecule has 1 saturated heterocycles. The first kappa shape index (κ1) is 14.4. The molecule has 0 radical (unpaired) electrons. The Hall–Kier alpha value is -1.96. The van der Waals surface area contributed by atoms with Crippen LogP contribution in [0.25, 0.3) is 0 Å². The van der Waals surface area contributed by atoms with Crippen molar-refractivity contribution in [2.45, 2.75) is 12.8 Å². The maximum atomic E-state index is 12.2. The van der Waals surface area contributed by atoms with E-state index in [4.69, 9.17) is 11.5 Å². The summed E-state index contributed by atoms with van der Waals surface area (Å²) in [7, 11) is 0. The maximum Gasteiger partial charge on any atom is 0.573 e. The van der Waals surface area contributed by atoms with Gasteiger partial charge in [-0.3, -0.25) is 4.79 Å². The summed E-state index contributed by atoms with van der Waals surface area (Å²) in [4.78, 5) is 13.2. The Morgan fingerprint density at radius 1 is 1.40 bits per heavy atom. The second-order valence-corrected chi connectivity index (χ2v) is 4.58. The standard InChI is InChI=1S/C12H14F3N3O2/c13-12(14,15)20-8-1-2-9(17)10(4-8)18-6-7(5-16)3-11(18)19/h1-2,4,7H,3,5-6,16-17H2. The molecule has 1 fully saturated rings. The Morgan fingerprint density at radius 2 is 2.10 bits per heavy atom. The molecule has 0 aromatic heterocycles. The predicted molar refractivity (Wildman–Crippen MR) is 67.1 cm³/mol. The Bertz CT molecular complexity index is 519. The molecule has 110 valence electrons. The number of alkyl halides is 3. The normalized spacial score (nSPS) is 19.5. The van der Waals surface area contributed by atoms with E-state index in [-0.39, 0.29) is 29.6 Å². The number of halogens is 3. The minimum absolute atomic E-state index is 0.0194. The van der Waals surface area contributed by atoms with Gasteiger partial charge in [0.1, 0.15) is 5.75 Å². The molecule has 1 aliphatic rings. The second kappa shape index (κ2) is 5.20. The van der Waals surface area contributed by atoms with Crippen molar-refractivity contribution in [1.29, 1.82) is 0 Å². The zero-order valence-corrected chi connectivity index (χ0v) is 10.5. The lowest BCUT2D eigenvalue weighted by atomic mass is 10.1. The van der Waals surface area contributed by atoms with Gasteiger partial charge in [-0.1, -0.05) is 0 Å². The first-order valence-corrected chi connectivity index (χ1v) is 5.96. The van der Waals surface area contributed by atoms with E-state index in [1.807, 2.05) is 0 Å². The summed E-state index contributed by atoms with van der Waals surface area (Å²) >= 11 is 0. The Balaban J connectivity index is 2.27. The topological polar surface area (TPSA) is 81.6 Å². The van der Waals surface area contributed by atoms with E-state index < -0.39 is 12.1 Å². The van der Waals surface area contributed by atoms with Gasteiger partial charge < -0.3 is 21.1 Å². The zero-order valence-electron chi connectivity index (χ0n) is 10.5. The number of rotatable bonds is 3. The molecule has 1 amide bonds. The molecule has 0 bridgehead atoms. The van der Waals surface area contributed by atoms with Crippen molar-refractivity contribution in [2.75, 3.05) is 23.7 Å². The van der Waals surface area contributed by atoms with Crippen LogP contribution in [0.1, 0.15) is 6.42 Å². The maximum absolute atomic E-state index is 12.2. The molecule has 1 aromatic rings. The van der Waals surface area contributed by atoms with E-state index in [1.165, 1.54) is 11.0 Å². The highest BCUT2D eigenvalue weighted by atomic mass is 19.4. The van der Waals surface area contributed by atoms with E-state index in [9.17, 15) is 18.0 Å².